The molecule has 2 aromatic rings. The lowest BCUT2D eigenvalue weighted by Gasteiger charge is -2.08. The van der Waals surface area contributed by atoms with E-state index in [1.54, 1.807) is 18.2 Å². The Morgan fingerprint density at radius 3 is 2.41 bits per heavy atom. The monoisotopic (exact) mass is 362 g/mol. The summed E-state index contributed by atoms with van der Waals surface area (Å²) < 4.78 is 5.27. The van der Waals surface area contributed by atoms with Gasteiger partial charge in [-0.3, -0.25) is 10.1 Å². The topological polar surface area (TPSA) is 67.4 Å². The van der Waals surface area contributed by atoms with Crippen LogP contribution in [0.15, 0.2) is 53.0 Å². The number of benzene rings is 2. The molecule has 0 fully saturated rings. The summed E-state index contributed by atoms with van der Waals surface area (Å²) in [4.78, 5) is 23.2. The molecule has 0 heterocycles. The van der Waals surface area contributed by atoms with Crippen molar-refractivity contribution in [2.75, 3.05) is 12.4 Å². The lowest BCUT2D eigenvalue weighted by atomic mass is 10.2. The van der Waals surface area contributed by atoms with Gasteiger partial charge in [0.2, 0.25) is 0 Å². The minimum atomic E-state index is -0.519. The van der Waals surface area contributed by atoms with Crippen LogP contribution in [0.5, 0.6) is 0 Å². The van der Waals surface area contributed by atoms with Crippen molar-refractivity contribution in [1.29, 1.82) is 0 Å². The van der Waals surface area contributed by atoms with E-state index in [0.717, 1.165) is 10.0 Å². The molecule has 2 rings (SSSR count). The summed E-state index contributed by atoms with van der Waals surface area (Å²) in [6.45, 7) is 0.401. The van der Waals surface area contributed by atoms with Crippen LogP contribution in [0.3, 0.4) is 0 Å². The first-order valence-electron chi connectivity index (χ1n) is 6.57. The van der Waals surface area contributed by atoms with Gasteiger partial charge in [0, 0.05) is 16.7 Å². The van der Waals surface area contributed by atoms with Gasteiger partial charge in [0.15, 0.2) is 0 Å². The summed E-state index contributed by atoms with van der Waals surface area (Å²) in [6.07, 6.45) is -0.519. The molecule has 0 unspecified atom stereocenters. The zero-order chi connectivity index (χ0) is 15.9. The molecule has 0 atom stereocenters. The second kappa shape index (κ2) is 7.61. The van der Waals surface area contributed by atoms with Gasteiger partial charge in [-0.2, -0.15) is 0 Å². The molecule has 0 radical (unpaired) electrons. The molecule has 2 aromatic carbocycles. The van der Waals surface area contributed by atoms with Crippen LogP contribution >= 0.6 is 15.9 Å². The number of rotatable bonds is 4. The number of hydrogen-bond donors (Lipinski definition) is 2. The fraction of sp³-hybridized carbons (Fsp3) is 0.125. The SMILES string of the molecule is COC(=O)Nc1ccc(CNC(=O)c2ccccc2Br)cc1. The lowest BCUT2D eigenvalue weighted by Crippen LogP contribution is -2.23. The van der Waals surface area contributed by atoms with Gasteiger partial charge < -0.3 is 10.1 Å². The van der Waals surface area contributed by atoms with Gasteiger partial charge in [-0.25, -0.2) is 4.79 Å². The Labute approximate surface area is 136 Å². The third kappa shape index (κ3) is 4.33. The van der Waals surface area contributed by atoms with Crippen molar-refractivity contribution < 1.29 is 14.3 Å². The van der Waals surface area contributed by atoms with E-state index < -0.39 is 6.09 Å². The van der Waals surface area contributed by atoms with Crippen LogP contribution in [0.4, 0.5) is 10.5 Å². The second-order valence-electron chi connectivity index (χ2n) is 4.48. The van der Waals surface area contributed by atoms with Gasteiger partial charge in [-0.1, -0.05) is 24.3 Å². The predicted molar refractivity (Wildman–Crippen MR) is 87.8 cm³/mol. The number of amides is 2. The second-order valence-corrected chi connectivity index (χ2v) is 5.33. The van der Waals surface area contributed by atoms with Crippen molar-refractivity contribution in [3.05, 3.63) is 64.1 Å². The first kappa shape index (κ1) is 16.0. The van der Waals surface area contributed by atoms with E-state index in [9.17, 15) is 9.59 Å². The summed E-state index contributed by atoms with van der Waals surface area (Å²) in [5.74, 6) is -0.149. The van der Waals surface area contributed by atoms with E-state index in [1.807, 2.05) is 30.3 Å². The standard InChI is InChI=1S/C16H15BrN2O3/c1-22-16(21)19-12-8-6-11(7-9-12)10-18-15(20)13-4-2-3-5-14(13)17/h2-9H,10H2,1H3,(H,18,20)(H,19,21). The van der Waals surface area contributed by atoms with Crippen LogP contribution in [-0.4, -0.2) is 19.1 Å². The van der Waals surface area contributed by atoms with Gasteiger partial charge in [-0.05, 0) is 45.8 Å². The Balaban J connectivity index is 1.93. The molecule has 0 saturated carbocycles. The Morgan fingerprint density at radius 2 is 1.77 bits per heavy atom. The van der Waals surface area contributed by atoms with Crippen molar-refractivity contribution >= 4 is 33.6 Å². The Kier molecular flexibility index (Phi) is 5.55. The number of anilines is 1. The van der Waals surface area contributed by atoms with Crippen molar-refractivity contribution in [3.63, 3.8) is 0 Å². The fourth-order valence-corrected chi connectivity index (χ4v) is 2.26. The Bertz CT molecular complexity index is 671. The number of methoxy groups -OCH3 is 1. The van der Waals surface area contributed by atoms with Crippen molar-refractivity contribution in [1.82, 2.24) is 5.32 Å². The van der Waals surface area contributed by atoms with E-state index in [1.165, 1.54) is 7.11 Å². The van der Waals surface area contributed by atoms with Gasteiger partial charge in [0.25, 0.3) is 5.91 Å². The predicted octanol–water partition coefficient (Wildman–Crippen LogP) is 3.56. The van der Waals surface area contributed by atoms with Crippen LogP contribution in [0.2, 0.25) is 0 Å². The van der Waals surface area contributed by atoms with E-state index >= 15 is 0 Å². The van der Waals surface area contributed by atoms with Gasteiger partial charge in [-0.15, -0.1) is 0 Å². The average Bonchev–Trinajstić information content (AvgIpc) is 2.54. The maximum absolute atomic E-state index is 12.1. The number of carbonyl (C=O) groups excluding carboxylic acids is 2. The van der Waals surface area contributed by atoms with Crippen LogP contribution < -0.4 is 10.6 Å². The molecule has 0 saturated heterocycles. The maximum Gasteiger partial charge on any atom is 0.411 e. The van der Waals surface area contributed by atoms with Crippen LogP contribution in [-0.2, 0) is 11.3 Å². The maximum atomic E-state index is 12.1. The minimum Gasteiger partial charge on any atom is -0.453 e. The third-order valence-corrected chi connectivity index (χ3v) is 3.65. The molecule has 0 spiro atoms. The Morgan fingerprint density at radius 1 is 1.09 bits per heavy atom. The highest BCUT2D eigenvalue weighted by atomic mass is 79.9. The number of ether oxygens (including phenoxy) is 1. The van der Waals surface area contributed by atoms with Gasteiger partial charge in [0.05, 0.1) is 12.7 Å². The molecular formula is C16H15BrN2O3. The molecule has 0 aliphatic rings. The van der Waals surface area contributed by atoms with Crippen molar-refractivity contribution in [3.8, 4) is 0 Å². The molecule has 2 N–H and O–H groups in total. The first-order chi connectivity index (χ1) is 10.6. The molecule has 5 nitrogen and oxygen atoms in total. The number of halogens is 1. The fourth-order valence-electron chi connectivity index (χ4n) is 1.80. The molecular weight excluding hydrogens is 348 g/mol. The summed E-state index contributed by atoms with van der Waals surface area (Å²) in [7, 11) is 1.31. The molecule has 2 amide bonds. The molecule has 22 heavy (non-hydrogen) atoms. The molecule has 0 aliphatic heterocycles. The Hall–Kier alpha value is -2.34. The lowest BCUT2D eigenvalue weighted by molar-refractivity contribution is 0.0950. The minimum absolute atomic E-state index is 0.149. The number of carbonyl (C=O) groups is 2. The summed E-state index contributed by atoms with van der Waals surface area (Å²) in [5, 5.41) is 5.41. The smallest absolute Gasteiger partial charge is 0.411 e. The quantitative estimate of drug-likeness (QED) is 0.873. The van der Waals surface area contributed by atoms with E-state index in [0.29, 0.717) is 17.8 Å². The van der Waals surface area contributed by atoms with E-state index in [2.05, 4.69) is 31.3 Å². The zero-order valence-corrected chi connectivity index (χ0v) is 13.5. The average molecular weight is 363 g/mol. The van der Waals surface area contributed by atoms with Crippen LogP contribution in [0.25, 0.3) is 0 Å². The normalized spacial score (nSPS) is 9.91. The largest absolute Gasteiger partial charge is 0.453 e. The number of hydrogen-bond acceptors (Lipinski definition) is 3. The van der Waals surface area contributed by atoms with Gasteiger partial charge >= 0.3 is 6.09 Å². The van der Waals surface area contributed by atoms with Crippen LogP contribution in [0, 0.1) is 0 Å². The highest BCUT2D eigenvalue weighted by molar-refractivity contribution is 9.10. The van der Waals surface area contributed by atoms with Crippen molar-refractivity contribution in [2.24, 2.45) is 0 Å². The highest BCUT2D eigenvalue weighted by Crippen LogP contribution is 2.16. The van der Waals surface area contributed by atoms with E-state index in [-0.39, 0.29) is 5.91 Å². The van der Waals surface area contributed by atoms with Crippen molar-refractivity contribution in [2.45, 2.75) is 6.54 Å². The zero-order valence-electron chi connectivity index (χ0n) is 11.9. The molecule has 0 aromatic heterocycles. The van der Waals surface area contributed by atoms with E-state index in [4.69, 9.17) is 0 Å². The number of nitrogens with one attached hydrogen (secondary N) is 2. The summed E-state index contributed by atoms with van der Waals surface area (Å²) >= 11 is 3.35. The molecule has 114 valence electrons. The summed E-state index contributed by atoms with van der Waals surface area (Å²) in [6, 6.07) is 14.4. The third-order valence-electron chi connectivity index (χ3n) is 2.96. The first-order valence-corrected chi connectivity index (χ1v) is 7.36. The van der Waals surface area contributed by atoms with Gasteiger partial charge in [0.1, 0.15) is 0 Å². The molecule has 0 aliphatic carbocycles. The summed E-state index contributed by atoms with van der Waals surface area (Å²) in [5.41, 5.74) is 2.15. The molecule has 0 bridgehead atoms. The molecule has 6 heteroatoms. The van der Waals surface area contributed by atoms with Crippen LogP contribution in [0.1, 0.15) is 15.9 Å². The highest BCUT2D eigenvalue weighted by Gasteiger charge is 2.08.